The third kappa shape index (κ3) is 1.61. The van der Waals surface area contributed by atoms with Crippen LogP contribution in [0.15, 0.2) is 25.3 Å². The van der Waals surface area contributed by atoms with Gasteiger partial charge in [0, 0.05) is 0 Å². The molecule has 0 spiro atoms. The lowest BCUT2D eigenvalue weighted by Gasteiger charge is -2.25. The van der Waals surface area contributed by atoms with Gasteiger partial charge in [-0.05, 0) is 0 Å². The van der Waals surface area contributed by atoms with Gasteiger partial charge in [-0.2, -0.15) is 0 Å². The third-order valence-electron chi connectivity index (χ3n) is 1.58. The SMILES string of the molecule is C=CC1COC(=O)OC1C=C. The van der Waals surface area contributed by atoms with Crippen LogP contribution >= 0.6 is 0 Å². The number of cyclic esters (lactones) is 2. The summed E-state index contributed by atoms with van der Waals surface area (Å²) in [6.45, 7) is 7.46. The summed E-state index contributed by atoms with van der Waals surface area (Å²) >= 11 is 0. The molecule has 1 heterocycles. The van der Waals surface area contributed by atoms with E-state index in [-0.39, 0.29) is 12.0 Å². The highest BCUT2D eigenvalue weighted by molar-refractivity contribution is 5.61. The van der Waals surface area contributed by atoms with Gasteiger partial charge in [-0.3, -0.25) is 0 Å². The molecule has 2 atom stereocenters. The van der Waals surface area contributed by atoms with Crippen molar-refractivity contribution in [2.24, 2.45) is 5.92 Å². The summed E-state index contributed by atoms with van der Waals surface area (Å²) in [5, 5.41) is 0. The van der Waals surface area contributed by atoms with E-state index in [1.54, 1.807) is 12.2 Å². The monoisotopic (exact) mass is 154 g/mol. The molecule has 0 saturated carbocycles. The first-order valence-electron chi connectivity index (χ1n) is 3.36. The van der Waals surface area contributed by atoms with Crippen LogP contribution in [0.5, 0.6) is 0 Å². The number of ether oxygens (including phenoxy) is 2. The number of carbonyl (C=O) groups excluding carboxylic acids is 1. The summed E-state index contributed by atoms with van der Waals surface area (Å²) in [4.78, 5) is 10.6. The Morgan fingerprint density at radius 2 is 2.18 bits per heavy atom. The van der Waals surface area contributed by atoms with Crippen molar-refractivity contribution in [3.8, 4) is 0 Å². The van der Waals surface area contributed by atoms with Crippen molar-refractivity contribution >= 4 is 6.16 Å². The van der Waals surface area contributed by atoms with Crippen LogP contribution in [0.2, 0.25) is 0 Å². The van der Waals surface area contributed by atoms with Crippen molar-refractivity contribution in [1.82, 2.24) is 0 Å². The summed E-state index contributed by atoms with van der Waals surface area (Å²) in [6, 6.07) is 0. The molecule has 0 N–H and O–H groups in total. The molecule has 0 amide bonds. The van der Waals surface area contributed by atoms with Crippen molar-refractivity contribution in [2.75, 3.05) is 6.61 Å². The Morgan fingerprint density at radius 3 is 2.73 bits per heavy atom. The molecule has 1 aliphatic heterocycles. The van der Waals surface area contributed by atoms with Crippen molar-refractivity contribution in [3.05, 3.63) is 25.3 Å². The first-order valence-corrected chi connectivity index (χ1v) is 3.36. The molecule has 0 bridgehead atoms. The fourth-order valence-corrected chi connectivity index (χ4v) is 0.917. The van der Waals surface area contributed by atoms with Gasteiger partial charge >= 0.3 is 6.16 Å². The Balaban J connectivity index is 2.61. The maximum atomic E-state index is 10.6. The Labute approximate surface area is 65.3 Å². The molecular weight excluding hydrogens is 144 g/mol. The molecule has 3 nitrogen and oxygen atoms in total. The van der Waals surface area contributed by atoms with Gasteiger partial charge in [0.25, 0.3) is 0 Å². The fraction of sp³-hybridized carbons (Fsp3) is 0.375. The lowest BCUT2D eigenvalue weighted by Crippen LogP contribution is -2.34. The average Bonchev–Trinajstić information content (AvgIpc) is 2.04. The summed E-state index contributed by atoms with van der Waals surface area (Å²) < 4.78 is 9.42. The average molecular weight is 154 g/mol. The minimum atomic E-state index is -0.631. The first kappa shape index (κ1) is 7.85. The van der Waals surface area contributed by atoms with Gasteiger partial charge < -0.3 is 9.47 Å². The zero-order valence-electron chi connectivity index (χ0n) is 6.16. The molecule has 0 radical (unpaired) electrons. The zero-order valence-corrected chi connectivity index (χ0v) is 6.16. The molecule has 3 heteroatoms. The Morgan fingerprint density at radius 1 is 1.45 bits per heavy atom. The molecule has 60 valence electrons. The van der Waals surface area contributed by atoms with Crippen LogP contribution in [0.4, 0.5) is 4.79 Å². The Kier molecular flexibility index (Phi) is 2.31. The van der Waals surface area contributed by atoms with Crippen molar-refractivity contribution in [3.63, 3.8) is 0 Å². The van der Waals surface area contributed by atoms with Crippen LogP contribution in [0.3, 0.4) is 0 Å². The topological polar surface area (TPSA) is 35.5 Å². The van der Waals surface area contributed by atoms with Crippen LogP contribution in [-0.4, -0.2) is 18.9 Å². The van der Waals surface area contributed by atoms with Gasteiger partial charge in [0.2, 0.25) is 0 Å². The smallest absolute Gasteiger partial charge is 0.433 e. The highest BCUT2D eigenvalue weighted by atomic mass is 16.7. The minimum Gasteiger partial charge on any atom is -0.433 e. The molecule has 1 fully saturated rings. The van der Waals surface area contributed by atoms with Gasteiger partial charge in [0.15, 0.2) is 0 Å². The van der Waals surface area contributed by atoms with Crippen molar-refractivity contribution in [1.29, 1.82) is 0 Å². The van der Waals surface area contributed by atoms with Crippen LogP contribution in [0.1, 0.15) is 0 Å². The maximum absolute atomic E-state index is 10.6. The molecule has 11 heavy (non-hydrogen) atoms. The predicted octanol–water partition coefficient (Wildman–Crippen LogP) is 1.51. The van der Waals surface area contributed by atoms with Gasteiger partial charge in [0.1, 0.15) is 12.7 Å². The van der Waals surface area contributed by atoms with Crippen LogP contribution < -0.4 is 0 Å². The van der Waals surface area contributed by atoms with Crippen LogP contribution in [-0.2, 0) is 9.47 Å². The molecule has 1 aliphatic rings. The summed E-state index contributed by atoms with van der Waals surface area (Å²) in [5.74, 6) is 0.0326. The highest BCUT2D eigenvalue weighted by Crippen LogP contribution is 2.17. The third-order valence-corrected chi connectivity index (χ3v) is 1.58. The van der Waals surface area contributed by atoms with Crippen molar-refractivity contribution < 1.29 is 14.3 Å². The van der Waals surface area contributed by atoms with Gasteiger partial charge in [0.05, 0.1) is 5.92 Å². The van der Waals surface area contributed by atoms with Gasteiger partial charge in [-0.1, -0.05) is 18.7 Å². The van der Waals surface area contributed by atoms with E-state index in [1.807, 2.05) is 0 Å². The fourth-order valence-electron chi connectivity index (χ4n) is 0.917. The summed E-state index contributed by atoms with van der Waals surface area (Å²) in [6.07, 6.45) is 2.35. The minimum absolute atomic E-state index is 0.0326. The molecule has 1 saturated heterocycles. The normalized spacial score (nSPS) is 30.0. The van der Waals surface area contributed by atoms with Gasteiger partial charge in [-0.15, -0.1) is 6.58 Å². The Hall–Kier alpha value is -1.25. The molecular formula is C8H10O3. The lowest BCUT2D eigenvalue weighted by atomic mass is 10.0. The van der Waals surface area contributed by atoms with E-state index in [0.29, 0.717) is 6.61 Å². The molecule has 0 aromatic rings. The second-order valence-electron chi connectivity index (χ2n) is 2.28. The maximum Gasteiger partial charge on any atom is 0.508 e. The van der Waals surface area contributed by atoms with Crippen LogP contribution in [0.25, 0.3) is 0 Å². The lowest BCUT2D eigenvalue weighted by molar-refractivity contribution is -0.0274. The zero-order chi connectivity index (χ0) is 8.27. The quantitative estimate of drug-likeness (QED) is 0.446. The van der Waals surface area contributed by atoms with E-state index >= 15 is 0 Å². The summed E-state index contributed by atoms with van der Waals surface area (Å²) in [7, 11) is 0. The van der Waals surface area contributed by atoms with E-state index in [0.717, 1.165) is 0 Å². The first-order chi connectivity index (χ1) is 5.27. The molecule has 1 rings (SSSR count). The molecule has 0 aromatic carbocycles. The second-order valence-corrected chi connectivity index (χ2v) is 2.28. The highest BCUT2D eigenvalue weighted by Gasteiger charge is 2.27. The second kappa shape index (κ2) is 3.23. The predicted molar refractivity (Wildman–Crippen MR) is 40.1 cm³/mol. The molecule has 0 aliphatic carbocycles. The van der Waals surface area contributed by atoms with Crippen molar-refractivity contribution in [2.45, 2.75) is 6.10 Å². The summed E-state index contributed by atoms with van der Waals surface area (Å²) in [5.41, 5.74) is 0. The van der Waals surface area contributed by atoms with E-state index < -0.39 is 6.16 Å². The van der Waals surface area contributed by atoms with Gasteiger partial charge in [-0.25, -0.2) is 4.79 Å². The van der Waals surface area contributed by atoms with E-state index in [1.165, 1.54) is 0 Å². The van der Waals surface area contributed by atoms with E-state index in [2.05, 4.69) is 17.9 Å². The Bertz CT molecular complexity index is 186. The molecule has 0 aromatic heterocycles. The van der Waals surface area contributed by atoms with Crippen LogP contribution in [0, 0.1) is 5.92 Å². The standard InChI is InChI=1S/C8H10O3/c1-3-6-5-10-8(9)11-7(6)4-2/h3-4,6-7H,1-2,5H2. The van der Waals surface area contributed by atoms with E-state index in [4.69, 9.17) is 4.74 Å². The molecule has 2 unspecified atom stereocenters. The van der Waals surface area contributed by atoms with E-state index in [9.17, 15) is 4.79 Å². The number of rotatable bonds is 2. The number of hydrogen-bond donors (Lipinski definition) is 0. The number of hydrogen-bond acceptors (Lipinski definition) is 3. The number of carbonyl (C=O) groups is 1. The largest absolute Gasteiger partial charge is 0.508 e.